The highest BCUT2D eigenvalue weighted by atomic mass is 32.2. The summed E-state index contributed by atoms with van der Waals surface area (Å²) in [6.07, 6.45) is 4.74. The van der Waals surface area contributed by atoms with Crippen LogP contribution in [-0.4, -0.2) is 33.8 Å². The molecular weight excluding hydrogens is 306 g/mol. The number of alkyl halides is 2. The highest BCUT2D eigenvalue weighted by molar-refractivity contribution is 7.96. The van der Waals surface area contributed by atoms with Gasteiger partial charge in [-0.1, -0.05) is 0 Å². The van der Waals surface area contributed by atoms with E-state index in [1.54, 1.807) is 0 Å². The van der Waals surface area contributed by atoms with E-state index in [0.717, 1.165) is 32.1 Å². The van der Waals surface area contributed by atoms with E-state index < -0.39 is 28.9 Å². The zero-order valence-corrected chi connectivity index (χ0v) is 12.2. The van der Waals surface area contributed by atoms with Crippen molar-refractivity contribution in [1.29, 1.82) is 0 Å². The second-order valence-electron chi connectivity index (χ2n) is 6.94. The van der Waals surface area contributed by atoms with Gasteiger partial charge in [-0.15, -0.1) is 0 Å². The van der Waals surface area contributed by atoms with Crippen molar-refractivity contribution in [2.75, 3.05) is 6.61 Å². The van der Waals surface area contributed by atoms with E-state index >= 15 is 0 Å². The van der Waals surface area contributed by atoms with Crippen molar-refractivity contribution < 1.29 is 33.0 Å². The second-order valence-corrected chi connectivity index (χ2v) is 7.76. The Hall–Kier alpha value is -0.440. The zero-order valence-electron chi connectivity index (χ0n) is 11.4. The summed E-state index contributed by atoms with van der Waals surface area (Å²) in [5, 5.41) is 14.6. The quantitative estimate of drug-likeness (QED) is 0.350. The molecule has 120 valence electrons. The summed E-state index contributed by atoms with van der Waals surface area (Å²) >= 11 is -0.644. The molecule has 4 bridgehead atoms. The number of esters is 1. The second kappa shape index (κ2) is 5.04. The third kappa shape index (κ3) is 2.91. The molecule has 2 N–H and O–H groups in total. The molecule has 4 aliphatic carbocycles. The number of hydrogen-bond acceptors (Lipinski definition) is 6. The first-order valence-corrected chi connectivity index (χ1v) is 7.77. The third-order valence-corrected chi connectivity index (χ3v) is 5.49. The molecule has 0 radical (unpaired) electrons. The van der Waals surface area contributed by atoms with Gasteiger partial charge in [-0.25, -0.2) is 10.1 Å². The van der Waals surface area contributed by atoms with E-state index in [0.29, 0.717) is 18.3 Å². The van der Waals surface area contributed by atoms with Gasteiger partial charge in [0.05, 0.1) is 12.2 Å². The van der Waals surface area contributed by atoms with Gasteiger partial charge >= 0.3 is 11.2 Å². The van der Waals surface area contributed by atoms with E-state index in [2.05, 4.69) is 4.33 Å². The number of halogens is 2. The van der Waals surface area contributed by atoms with E-state index in [9.17, 15) is 18.7 Å². The Labute approximate surface area is 125 Å². The fourth-order valence-electron chi connectivity index (χ4n) is 4.95. The van der Waals surface area contributed by atoms with Crippen LogP contribution in [0.5, 0.6) is 0 Å². The third-order valence-electron chi connectivity index (χ3n) is 5.04. The van der Waals surface area contributed by atoms with Crippen LogP contribution in [0.15, 0.2) is 0 Å². The summed E-state index contributed by atoms with van der Waals surface area (Å²) in [6.45, 7) is -0.108. The van der Waals surface area contributed by atoms with E-state index in [1.807, 2.05) is 0 Å². The van der Waals surface area contributed by atoms with E-state index in [4.69, 9.17) is 9.99 Å². The Morgan fingerprint density at radius 2 is 1.90 bits per heavy atom. The summed E-state index contributed by atoms with van der Waals surface area (Å²) in [7, 11) is 0. The molecule has 8 heteroatoms. The van der Waals surface area contributed by atoms with Gasteiger partial charge in [0.15, 0.2) is 0 Å². The molecule has 0 aromatic heterocycles. The fraction of sp³-hybridized carbons (Fsp3) is 0.923. The summed E-state index contributed by atoms with van der Waals surface area (Å²) in [5.41, 5.74) is -1.10. The van der Waals surface area contributed by atoms with Crippen molar-refractivity contribution in [2.24, 2.45) is 17.3 Å². The van der Waals surface area contributed by atoms with Crippen molar-refractivity contribution in [3.05, 3.63) is 0 Å². The van der Waals surface area contributed by atoms with E-state index in [1.165, 1.54) is 0 Å². The lowest BCUT2D eigenvalue weighted by Crippen LogP contribution is -2.57. The summed E-state index contributed by atoms with van der Waals surface area (Å²) in [5.74, 6) is -0.930. The predicted octanol–water partition coefficient (Wildman–Crippen LogP) is 2.59. The molecule has 0 heterocycles. The molecule has 4 saturated carbocycles. The zero-order chi connectivity index (χ0) is 15.3. The van der Waals surface area contributed by atoms with Crippen LogP contribution in [0.1, 0.15) is 38.5 Å². The van der Waals surface area contributed by atoms with Crippen LogP contribution in [0, 0.1) is 17.3 Å². The van der Waals surface area contributed by atoms with E-state index in [-0.39, 0.29) is 12.0 Å². The molecule has 0 aromatic carbocycles. The molecule has 0 aliphatic heterocycles. The fourth-order valence-corrected chi connectivity index (χ4v) is 5.17. The van der Waals surface area contributed by atoms with Crippen molar-refractivity contribution in [1.82, 2.24) is 0 Å². The number of ether oxygens (including phenoxy) is 1. The van der Waals surface area contributed by atoms with Crippen LogP contribution in [0.25, 0.3) is 0 Å². The average molecular weight is 324 g/mol. The molecule has 4 fully saturated rings. The van der Waals surface area contributed by atoms with Crippen LogP contribution in [-0.2, 0) is 13.9 Å². The van der Waals surface area contributed by atoms with Gasteiger partial charge in [0, 0.05) is 5.41 Å². The molecule has 0 aromatic rings. The normalized spacial score (nSPS) is 41.3. The lowest BCUT2D eigenvalue weighted by Gasteiger charge is -2.59. The maximum absolute atomic E-state index is 13.2. The molecule has 0 saturated heterocycles. The number of carbonyl (C=O) groups excluding carboxylic acids is 1. The maximum atomic E-state index is 13.2. The minimum Gasteiger partial charge on any atom is -0.460 e. The Kier molecular flexibility index (Phi) is 3.71. The summed E-state index contributed by atoms with van der Waals surface area (Å²) in [6, 6.07) is 0. The lowest BCUT2D eigenvalue weighted by atomic mass is 9.48. The van der Waals surface area contributed by atoms with Gasteiger partial charge < -0.3 is 9.84 Å². The van der Waals surface area contributed by atoms with Gasteiger partial charge in [-0.2, -0.15) is 13.1 Å². The number of hydrogen-bond donors (Lipinski definition) is 2. The minimum absolute atomic E-state index is 0.108. The molecule has 2 unspecified atom stereocenters. The van der Waals surface area contributed by atoms with Crippen LogP contribution in [0.3, 0.4) is 0 Å². The van der Waals surface area contributed by atoms with Crippen LogP contribution >= 0.6 is 12.0 Å². The molecule has 21 heavy (non-hydrogen) atoms. The van der Waals surface area contributed by atoms with Crippen LogP contribution in [0.4, 0.5) is 8.78 Å². The van der Waals surface area contributed by atoms with Gasteiger partial charge in [-0.05, 0) is 50.4 Å². The van der Waals surface area contributed by atoms with Gasteiger partial charge in [0.2, 0.25) is 0 Å². The molecular formula is C13H18F2O5S. The SMILES string of the molecule is O=C(OCC12CC3CC(CC(O)(C3)C1)C2)C(F)(F)SOO. The molecule has 4 rings (SSSR count). The summed E-state index contributed by atoms with van der Waals surface area (Å²) < 4.78 is 34.5. The summed E-state index contributed by atoms with van der Waals surface area (Å²) in [4.78, 5) is 11.4. The first-order chi connectivity index (χ1) is 9.76. The van der Waals surface area contributed by atoms with Crippen LogP contribution in [0.2, 0.25) is 0 Å². The van der Waals surface area contributed by atoms with Crippen LogP contribution < -0.4 is 0 Å². The highest BCUT2D eigenvalue weighted by Gasteiger charge is 2.58. The van der Waals surface area contributed by atoms with Crippen molar-refractivity contribution in [3.63, 3.8) is 0 Å². The standard InChI is InChI=1S/C13H18F2O5S/c14-13(15,21-20-18)10(16)19-7-11-2-8-1-9(3-11)5-12(17,4-8)6-11/h8-9,17-18H,1-7H2. The molecule has 5 nitrogen and oxygen atoms in total. The predicted molar refractivity (Wildman–Crippen MR) is 69.3 cm³/mol. The topological polar surface area (TPSA) is 76.0 Å². The monoisotopic (exact) mass is 324 g/mol. The minimum atomic E-state index is -3.94. The highest BCUT2D eigenvalue weighted by Crippen LogP contribution is 2.61. The Morgan fingerprint density at radius 3 is 2.43 bits per heavy atom. The number of rotatable bonds is 5. The molecule has 0 spiro atoms. The Balaban J connectivity index is 1.64. The van der Waals surface area contributed by atoms with Crippen molar-refractivity contribution >= 4 is 18.0 Å². The average Bonchev–Trinajstić information content (AvgIpc) is 2.32. The first kappa shape index (κ1) is 15.5. The van der Waals surface area contributed by atoms with Crippen molar-refractivity contribution in [3.8, 4) is 0 Å². The largest absolute Gasteiger partial charge is 0.460 e. The first-order valence-electron chi connectivity index (χ1n) is 7.03. The Morgan fingerprint density at radius 1 is 1.29 bits per heavy atom. The molecule has 0 amide bonds. The van der Waals surface area contributed by atoms with Gasteiger partial charge in [-0.3, -0.25) is 0 Å². The maximum Gasteiger partial charge on any atom is 0.415 e. The molecule has 4 aliphatic rings. The number of aliphatic hydroxyl groups is 1. The van der Waals surface area contributed by atoms with Gasteiger partial charge in [0.25, 0.3) is 0 Å². The lowest BCUT2D eigenvalue weighted by molar-refractivity contribution is -0.194. The molecule has 2 atom stereocenters. The van der Waals surface area contributed by atoms with Gasteiger partial charge in [0.1, 0.15) is 12.0 Å². The number of carbonyl (C=O) groups is 1. The van der Waals surface area contributed by atoms with Crippen molar-refractivity contribution in [2.45, 2.75) is 49.4 Å². The Bertz CT molecular complexity index is 430. The smallest absolute Gasteiger partial charge is 0.415 e.